The normalized spacial score (nSPS) is 17.6. The van der Waals surface area contributed by atoms with Crippen LogP contribution in [0, 0.1) is 6.92 Å². The molecule has 3 rings (SSSR count). The van der Waals surface area contributed by atoms with Crippen LogP contribution in [0.5, 0.6) is 0 Å². The molecule has 0 saturated heterocycles. The maximum atomic E-state index is 9.33. The van der Waals surface area contributed by atoms with Crippen molar-refractivity contribution in [2.75, 3.05) is 0 Å². The first-order valence-corrected chi connectivity index (χ1v) is 7.93. The third-order valence-electron chi connectivity index (χ3n) is 3.09. The fraction of sp³-hybridized carbons (Fsp3) is 0.133. The Morgan fingerprint density at radius 1 is 1.11 bits per heavy atom. The number of nitrogens with one attached hydrogen (secondary N) is 1. The van der Waals surface area contributed by atoms with Crippen LogP contribution in [0.25, 0.3) is 0 Å². The van der Waals surface area contributed by atoms with Gasteiger partial charge in [0.1, 0.15) is 0 Å². The molecule has 0 bridgehead atoms. The Balaban J connectivity index is 2.02. The molecule has 2 aromatic carbocycles. The molecule has 19 heavy (non-hydrogen) atoms. The van der Waals surface area contributed by atoms with Crippen LogP contribution >= 0.6 is 0 Å². The second kappa shape index (κ2) is 5.17. The van der Waals surface area contributed by atoms with Crippen molar-refractivity contribution in [3.05, 3.63) is 59.7 Å². The van der Waals surface area contributed by atoms with E-state index in [0.717, 1.165) is 5.69 Å². The van der Waals surface area contributed by atoms with E-state index in [4.69, 9.17) is 0 Å². The number of rotatable bonds is 1. The Hall–Kier alpha value is -1.61. The monoisotopic (exact) mass is 318 g/mol. The molecule has 0 aromatic heterocycles. The molecule has 3 nitrogen and oxygen atoms in total. The molecule has 0 amide bonds. The summed E-state index contributed by atoms with van der Waals surface area (Å²) in [5.74, 6) is 0.641. The predicted molar refractivity (Wildman–Crippen MR) is 77.8 cm³/mol. The number of aryl methyl sites for hydroxylation is 1. The molecular weight excluding hydrogens is 303 g/mol. The van der Waals surface area contributed by atoms with Crippen molar-refractivity contribution in [3.8, 4) is 0 Å². The van der Waals surface area contributed by atoms with E-state index in [1.807, 2.05) is 18.2 Å². The van der Waals surface area contributed by atoms with Gasteiger partial charge < -0.3 is 0 Å². The zero-order valence-corrected chi connectivity index (χ0v) is 12.2. The zero-order chi connectivity index (χ0) is 13.2. The minimum atomic E-state index is 0.146. The number of nitrogens with zero attached hydrogens (tertiary/aromatic N) is 1. The number of para-hydroxylation sites is 1. The fourth-order valence-corrected chi connectivity index (χ4v) is 4.50. The third kappa shape index (κ3) is 2.43. The summed E-state index contributed by atoms with van der Waals surface area (Å²) in [7, 11) is 0. The Morgan fingerprint density at radius 2 is 1.84 bits per heavy atom. The van der Waals surface area contributed by atoms with Crippen LogP contribution in [0.1, 0.15) is 15.9 Å². The quantitative estimate of drug-likeness (QED) is 0.625. The first-order chi connectivity index (χ1) is 9.28. The second-order valence-corrected chi connectivity index (χ2v) is 6.89. The van der Waals surface area contributed by atoms with Crippen LogP contribution in [-0.2, 0) is 0 Å². The molecule has 0 spiro atoms. The summed E-state index contributed by atoms with van der Waals surface area (Å²) in [6, 6.07) is 16.5. The van der Waals surface area contributed by atoms with Crippen molar-refractivity contribution in [3.63, 3.8) is 0 Å². The Labute approximate surface area is 118 Å². The van der Waals surface area contributed by atoms with Crippen molar-refractivity contribution in [1.82, 2.24) is 5.48 Å². The molecule has 0 fully saturated rings. The van der Waals surface area contributed by atoms with Gasteiger partial charge in [-0.1, -0.05) is 0 Å². The van der Waals surface area contributed by atoms with Crippen molar-refractivity contribution < 1.29 is 5.21 Å². The van der Waals surface area contributed by atoms with Crippen LogP contribution in [0.15, 0.2) is 53.5 Å². The Bertz CT molecular complexity index is 622. The maximum absolute atomic E-state index is 9.33. The molecule has 1 unspecified atom stereocenters. The van der Waals surface area contributed by atoms with Crippen molar-refractivity contribution in [1.29, 1.82) is 0 Å². The fourth-order valence-electron chi connectivity index (χ4n) is 2.07. The average Bonchev–Trinajstić information content (AvgIpc) is 2.46. The summed E-state index contributed by atoms with van der Waals surface area (Å²) in [5.41, 5.74) is 5.67. The Morgan fingerprint density at radius 3 is 2.58 bits per heavy atom. The van der Waals surface area contributed by atoms with E-state index in [-0.39, 0.29) is 19.8 Å². The number of fused-ring (bicyclic) bond motifs is 1. The first kappa shape index (κ1) is 12.4. The van der Waals surface area contributed by atoms with Crippen LogP contribution in [0.3, 0.4) is 0 Å². The summed E-state index contributed by atoms with van der Waals surface area (Å²) in [6.07, 6.45) is 0. The number of benzene rings is 2. The van der Waals surface area contributed by atoms with Gasteiger partial charge in [0.25, 0.3) is 0 Å². The number of aliphatic imine (C=N–C) groups is 1. The SMILES string of the molecule is Cc1ccc(C2[Se]c3ccccc3N=C2NO)cc1. The number of hydrogen-bond donors (Lipinski definition) is 2. The van der Waals surface area contributed by atoms with Gasteiger partial charge in [0.2, 0.25) is 0 Å². The van der Waals surface area contributed by atoms with Gasteiger partial charge >= 0.3 is 118 Å². The summed E-state index contributed by atoms with van der Waals surface area (Å²) in [5, 5.41) is 9.33. The van der Waals surface area contributed by atoms with Crippen LogP contribution in [0.4, 0.5) is 5.69 Å². The van der Waals surface area contributed by atoms with Gasteiger partial charge in [-0.05, 0) is 0 Å². The molecule has 2 N–H and O–H groups in total. The van der Waals surface area contributed by atoms with Gasteiger partial charge in [0.05, 0.1) is 0 Å². The number of hydrogen-bond acceptors (Lipinski definition) is 3. The molecule has 0 aliphatic carbocycles. The zero-order valence-electron chi connectivity index (χ0n) is 10.5. The predicted octanol–water partition coefficient (Wildman–Crippen LogP) is 2.09. The standard InChI is InChI=1S/C15H14N2OSe/c1-10-6-8-11(9-7-10)14-15(17-18)16-12-4-2-3-5-13(12)19-14/h2-9,14,18H,1H3,(H,16,17). The van der Waals surface area contributed by atoms with Crippen LogP contribution < -0.4 is 9.94 Å². The topological polar surface area (TPSA) is 44.6 Å². The second-order valence-electron chi connectivity index (χ2n) is 4.49. The number of hydroxylamine groups is 1. The van der Waals surface area contributed by atoms with Gasteiger partial charge in [-0.15, -0.1) is 0 Å². The molecule has 96 valence electrons. The van der Waals surface area contributed by atoms with Crippen molar-refractivity contribution in [2.24, 2.45) is 4.99 Å². The first-order valence-electron chi connectivity index (χ1n) is 6.09. The van der Waals surface area contributed by atoms with Gasteiger partial charge in [0, 0.05) is 0 Å². The summed E-state index contributed by atoms with van der Waals surface area (Å²) < 4.78 is 1.28. The van der Waals surface area contributed by atoms with E-state index < -0.39 is 0 Å². The molecular formula is C15H14N2OSe. The Kier molecular flexibility index (Phi) is 3.38. The molecule has 1 aliphatic heterocycles. The molecule has 1 heterocycles. The summed E-state index contributed by atoms with van der Waals surface area (Å²) in [4.78, 5) is 4.66. The van der Waals surface area contributed by atoms with E-state index in [9.17, 15) is 5.21 Å². The van der Waals surface area contributed by atoms with Crippen LogP contribution in [0.2, 0.25) is 0 Å². The van der Waals surface area contributed by atoms with Gasteiger partial charge in [-0.2, -0.15) is 0 Å². The van der Waals surface area contributed by atoms with Crippen LogP contribution in [-0.4, -0.2) is 26.0 Å². The number of amidine groups is 1. The average molecular weight is 317 g/mol. The van der Waals surface area contributed by atoms with E-state index in [1.54, 1.807) is 0 Å². The summed E-state index contributed by atoms with van der Waals surface area (Å²) in [6.45, 7) is 2.07. The molecule has 0 saturated carbocycles. The van der Waals surface area contributed by atoms with E-state index in [1.165, 1.54) is 15.6 Å². The van der Waals surface area contributed by atoms with Gasteiger partial charge in [-0.3, -0.25) is 0 Å². The van der Waals surface area contributed by atoms with Gasteiger partial charge in [-0.25, -0.2) is 0 Å². The van der Waals surface area contributed by atoms with E-state index >= 15 is 0 Å². The third-order valence-corrected chi connectivity index (χ3v) is 5.89. The molecule has 1 atom stereocenters. The van der Waals surface area contributed by atoms with Gasteiger partial charge in [0.15, 0.2) is 0 Å². The molecule has 2 aromatic rings. The summed E-state index contributed by atoms with van der Waals surface area (Å²) >= 11 is 0.221. The van der Waals surface area contributed by atoms with Crippen molar-refractivity contribution in [2.45, 2.75) is 11.7 Å². The molecule has 4 heteroatoms. The van der Waals surface area contributed by atoms with E-state index in [0.29, 0.717) is 5.84 Å². The molecule has 0 radical (unpaired) electrons. The minimum absolute atomic E-state index is 0.146. The van der Waals surface area contributed by atoms with Crippen molar-refractivity contribution >= 4 is 30.9 Å². The molecule has 1 aliphatic rings. The van der Waals surface area contributed by atoms with E-state index in [2.05, 4.69) is 47.7 Å².